The Morgan fingerprint density at radius 1 is 1.44 bits per heavy atom. The minimum atomic E-state index is 0.453. The number of hydrogen-bond donors (Lipinski definition) is 1. The number of hydrogen-bond acceptors (Lipinski definition) is 4. The largest absolute Gasteiger partial charge is 0.370 e. The van der Waals surface area contributed by atoms with Crippen molar-refractivity contribution in [3.05, 3.63) is 36.2 Å². The molecule has 3 rings (SSSR count). The number of aryl methyl sites for hydroxylation is 1. The van der Waals surface area contributed by atoms with Crippen LogP contribution >= 0.6 is 0 Å². The maximum absolute atomic E-state index is 4.28. The average Bonchev–Trinajstić information content (AvgIpc) is 2.93. The topological polar surface area (TPSA) is 57.7 Å². The van der Waals surface area contributed by atoms with Gasteiger partial charge in [0.15, 0.2) is 0 Å². The second-order valence-corrected chi connectivity index (χ2v) is 4.82. The van der Waals surface area contributed by atoms with E-state index in [-0.39, 0.29) is 0 Å². The van der Waals surface area contributed by atoms with Crippen molar-refractivity contribution >= 4 is 5.69 Å². The van der Waals surface area contributed by atoms with Crippen molar-refractivity contribution in [3.8, 4) is 0 Å². The third-order valence-electron chi connectivity index (χ3n) is 3.57. The van der Waals surface area contributed by atoms with E-state index in [1.54, 1.807) is 6.33 Å². The Morgan fingerprint density at radius 2 is 2.39 bits per heavy atom. The fraction of sp³-hybridized carbons (Fsp3) is 0.462. The molecule has 1 aliphatic rings. The zero-order valence-corrected chi connectivity index (χ0v) is 10.5. The van der Waals surface area contributed by atoms with Gasteiger partial charge in [-0.3, -0.25) is 10.1 Å². The van der Waals surface area contributed by atoms with Crippen LogP contribution in [-0.4, -0.2) is 33.3 Å². The van der Waals surface area contributed by atoms with E-state index >= 15 is 0 Å². The van der Waals surface area contributed by atoms with Crippen LogP contribution in [0, 0.1) is 6.92 Å². The molecule has 5 nitrogen and oxygen atoms in total. The number of anilines is 1. The summed E-state index contributed by atoms with van der Waals surface area (Å²) in [6.45, 7) is 4.22. The van der Waals surface area contributed by atoms with Gasteiger partial charge in [0.05, 0.1) is 0 Å². The molecule has 0 aliphatic carbocycles. The summed E-state index contributed by atoms with van der Waals surface area (Å²) in [5.41, 5.74) is 2.52. The van der Waals surface area contributed by atoms with Gasteiger partial charge in [0.2, 0.25) is 0 Å². The number of aromatic amines is 1. The van der Waals surface area contributed by atoms with Crippen molar-refractivity contribution in [2.45, 2.75) is 25.7 Å². The average molecular weight is 243 g/mol. The van der Waals surface area contributed by atoms with Gasteiger partial charge in [-0.15, -0.1) is 0 Å². The summed E-state index contributed by atoms with van der Waals surface area (Å²) < 4.78 is 0. The highest BCUT2D eigenvalue weighted by Crippen LogP contribution is 2.29. The van der Waals surface area contributed by atoms with Gasteiger partial charge in [-0.25, -0.2) is 4.98 Å². The Labute approximate surface area is 106 Å². The van der Waals surface area contributed by atoms with E-state index in [9.17, 15) is 0 Å². The van der Waals surface area contributed by atoms with Crippen LogP contribution in [0.5, 0.6) is 0 Å². The predicted octanol–water partition coefficient (Wildman–Crippen LogP) is 1.89. The molecule has 0 amide bonds. The predicted molar refractivity (Wildman–Crippen MR) is 69.5 cm³/mol. The van der Waals surface area contributed by atoms with Crippen LogP contribution in [-0.2, 0) is 0 Å². The lowest BCUT2D eigenvalue weighted by Gasteiger charge is -2.34. The highest BCUT2D eigenvalue weighted by Gasteiger charge is 2.24. The molecule has 3 heterocycles. The van der Waals surface area contributed by atoms with E-state index in [1.165, 1.54) is 24.1 Å². The summed E-state index contributed by atoms with van der Waals surface area (Å²) in [5, 5.41) is 6.94. The van der Waals surface area contributed by atoms with Gasteiger partial charge in [-0.1, -0.05) is 0 Å². The van der Waals surface area contributed by atoms with Crippen LogP contribution in [0.1, 0.15) is 30.1 Å². The van der Waals surface area contributed by atoms with Gasteiger partial charge >= 0.3 is 0 Å². The van der Waals surface area contributed by atoms with Gasteiger partial charge in [-0.05, 0) is 31.4 Å². The van der Waals surface area contributed by atoms with E-state index in [4.69, 9.17) is 0 Å². The SMILES string of the molecule is Cc1cnccc1N1CCCC(c2ncn[nH]2)C1. The molecule has 1 saturated heterocycles. The highest BCUT2D eigenvalue weighted by molar-refractivity contribution is 5.52. The highest BCUT2D eigenvalue weighted by atomic mass is 15.2. The first-order valence-corrected chi connectivity index (χ1v) is 6.35. The summed E-state index contributed by atoms with van der Waals surface area (Å²) in [5.74, 6) is 1.46. The maximum atomic E-state index is 4.28. The second-order valence-electron chi connectivity index (χ2n) is 4.82. The Kier molecular flexibility index (Phi) is 2.96. The third-order valence-corrected chi connectivity index (χ3v) is 3.57. The standard InChI is InChI=1S/C13H17N5/c1-10-7-14-5-4-12(10)18-6-2-3-11(8-18)13-15-9-16-17-13/h4-5,7,9,11H,2-3,6,8H2,1H3,(H,15,16,17). The number of aromatic nitrogens is 4. The normalized spacial score (nSPS) is 20.1. The molecule has 0 bridgehead atoms. The lowest BCUT2D eigenvalue weighted by atomic mass is 9.96. The molecule has 1 fully saturated rings. The number of rotatable bonds is 2. The van der Waals surface area contributed by atoms with Gasteiger partial charge in [0, 0.05) is 37.1 Å². The lowest BCUT2D eigenvalue weighted by Crippen LogP contribution is -2.35. The molecule has 18 heavy (non-hydrogen) atoms. The Bertz CT molecular complexity index is 508. The second kappa shape index (κ2) is 4.76. The zero-order chi connectivity index (χ0) is 12.4. The molecule has 1 N–H and O–H groups in total. The van der Waals surface area contributed by atoms with Crippen molar-refractivity contribution in [3.63, 3.8) is 0 Å². The number of piperidine rings is 1. The molecule has 0 aromatic carbocycles. The van der Waals surface area contributed by atoms with Crippen LogP contribution < -0.4 is 4.90 Å². The van der Waals surface area contributed by atoms with Gasteiger partial charge < -0.3 is 4.90 Å². The van der Waals surface area contributed by atoms with Crippen molar-refractivity contribution < 1.29 is 0 Å². The van der Waals surface area contributed by atoms with Crippen molar-refractivity contribution in [1.29, 1.82) is 0 Å². The number of H-pyrrole nitrogens is 1. The summed E-state index contributed by atoms with van der Waals surface area (Å²) in [4.78, 5) is 10.9. The quantitative estimate of drug-likeness (QED) is 0.875. The first kappa shape index (κ1) is 11.2. The summed E-state index contributed by atoms with van der Waals surface area (Å²) in [6, 6.07) is 2.10. The van der Waals surface area contributed by atoms with Crippen LogP contribution in [0.2, 0.25) is 0 Å². The van der Waals surface area contributed by atoms with Crippen LogP contribution in [0.4, 0.5) is 5.69 Å². The Morgan fingerprint density at radius 3 is 3.17 bits per heavy atom. The fourth-order valence-corrected chi connectivity index (χ4v) is 2.65. The van der Waals surface area contributed by atoms with Crippen LogP contribution in [0.15, 0.2) is 24.8 Å². The van der Waals surface area contributed by atoms with Crippen LogP contribution in [0.3, 0.4) is 0 Å². The van der Waals surface area contributed by atoms with E-state index < -0.39 is 0 Å². The molecule has 2 aromatic rings. The fourth-order valence-electron chi connectivity index (χ4n) is 2.65. The van der Waals surface area contributed by atoms with Crippen molar-refractivity contribution in [2.24, 2.45) is 0 Å². The van der Waals surface area contributed by atoms with Crippen molar-refractivity contribution in [1.82, 2.24) is 20.2 Å². The number of nitrogens with zero attached hydrogens (tertiary/aromatic N) is 4. The van der Waals surface area contributed by atoms with E-state index in [2.05, 4.69) is 38.1 Å². The Balaban J connectivity index is 1.81. The summed E-state index contributed by atoms with van der Waals surface area (Å²) in [7, 11) is 0. The van der Waals surface area contributed by atoms with Gasteiger partial charge in [0.1, 0.15) is 12.2 Å². The van der Waals surface area contributed by atoms with Crippen molar-refractivity contribution in [2.75, 3.05) is 18.0 Å². The molecule has 5 heteroatoms. The van der Waals surface area contributed by atoms with Gasteiger partial charge in [0.25, 0.3) is 0 Å². The number of pyridine rings is 1. The molecule has 2 aromatic heterocycles. The molecule has 0 spiro atoms. The molecule has 1 aliphatic heterocycles. The van der Waals surface area contributed by atoms with E-state index in [0.29, 0.717) is 5.92 Å². The number of nitrogens with one attached hydrogen (secondary N) is 1. The van der Waals surface area contributed by atoms with Gasteiger partial charge in [-0.2, -0.15) is 5.10 Å². The minimum absolute atomic E-state index is 0.453. The molecule has 94 valence electrons. The molecule has 0 radical (unpaired) electrons. The van der Waals surface area contributed by atoms with E-state index in [0.717, 1.165) is 18.9 Å². The summed E-state index contributed by atoms with van der Waals surface area (Å²) in [6.07, 6.45) is 7.74. The molecule has 0 saturated carbocycles. The molecule has 1 atom stereocenters. The molecular weight excluding hydrogens is 226 g/mol. The first-order valence-electron chi connectivity index (χ1n) is 6.35. The smallest absolute Gasteiger partial charge is 0.137 e. The first-order chi connectivity index (χ1) is 8.84. The molecule has 1 unspecified atom stereocenters. The molecular formula is C13H17N5. The summed E-state index contributed by atoms with van der Waals surface area (Å²) >= 11 is 0. The van der Waals surface area contributed by atoms with E-state index in [1.807, 2.05) is 12.4 Å². The third kappa shape index (κ3) is 2.08. The Hall–Kier alpha value is -1.91. The van der Waals surface area contributed by atoms with Crippen LogP contribution in [0.25, 0.3) is 0 Å². The lowest BCUT2D eigenvalue weighted by molar-refractivity contribution is 0.492. The zero-order valence-electron chi connectivity index (χ0n) is 10.5. The minimum Gasteiger partial charge on any atom is -0.370 e. The monoisotopic (exact) mass is 243 g/mol. The maximum Gasteiger partial charge on any atom is 0.137 e.